The number of hydrogen-bond acceptors (Lipinski definition) is 2. The summed E-state index contributed by atoms with van der Waals surface area (Å²) in [4.78, 5) is 12.0. The SMILES string of the molecule is CC1(C)[C@@H](C=C(Cl)Cl)[C@@H]1C(=O)OC(F)(F)c1cccc(F)c1F. The van der Waals surface area contributed by atoms with Crippen LogP contribution in [0.25, 0.3) is 0 Å². The van der Waals surface area contributed by atoms with Crippen LogP contribution in [0.3, 0.4) is 0 Å². The standard InChI is InChI=1S/C15H12Cl2F4O2/c1-14(2)8(6-10(16)17)11(14)13(22)23-15(20,21)7-4-3-5-9(18)12(7)19/h3-6,8,11H,1-2H3/t8-,11+/m0/s1. The lowest BCUT2D eigenvalue weighted by Gasteiger charge is -2.18. The molecule has 1 fully saturated rings. The number of rotatable bonds is 4. The van der Waals surface area contributed by atoms with E-state index in [0.717, 1.165) is 6.07 Å². The molecule has 0 aromatic heterocycles. The maximum Gasteiger partial charge on any atom is 0.431 e. The van der Waals surface area contributed by atoms with E-state index in [9.17, 15) is 22.4 Å². The average Bonchev–Trinajstić information content (AvgIpc) is 2.92. The van der Waals surface area contributed by atoms with Gasteiger partial charge >= 0.3 is 12.1 Å². The molecule has 0 unspecified atom stereocenters. The summed E-state index contributed by atoms with van der Waals surface area (Å²) < 4.78 is 58.5. The van der Waals surface area contributed by atoms with Crippen molar-refractivity contribution >= 4 is 29.2 Å². The monoisotopic (exact) mass is 370 g/mol. The number of esters is 1. The summed E-state index contributed by atoms with van der Waals surface area (Å²) in [5.74, 6) is -5.84. The first kappa shape index (κ1) is 18.1. The first-order chi connectivity index (χ1) is 10.5. The van der Waals surface area contributed by atoms with E-state index >= 15 is 0 Å². The quantitative estimate of drug-likeness (QED) is 0.541. The molecule has 1 aliphatic rings. The lowest BCUT2D eigenvalue weighted by molar-refractivity contribution is -0.243. The fourth-order valence-electron chi connectivity index (χ4n) is 2.55. The molecular formula is C15H12Cl2F4O2. The van der Waals surface area contributed by atoms with Gasteiger partial charge in [0.2, 0.25) is 0 Å². The minimum absolute atomic E-state index is 0.0960. The van der Waals surface area contributed by atoms with Crippen LogP contribution in [-0.4, -0.2) is 5.97 Å². The second-order valence-corrected chi connectivity index (χ2v) is 6.83. The van der Waals surface area contributed by atoms with Crippen LogP contribution in [0.1, 0.15) is 19.4 Å². The smallest absolute Gasteiger partial charge is 0.397 e. The van der Waals surface area contributed by atoms with Gasteiger partial charge in [-0.2, -0.15) is 8.78 Å². The molecule has 0 heterocycles. The van der Waals surface area contributed by atoms with E-state index in [1.807, 2.05) is 0 Å². The van der Waals surface area contributed by atoms with E-state index in [2.05, 4.69) is 4.74 Å². The number of benzene rings is 1. The number of alkyl halides is 2. The van der Waals surface area contributed by atoms with Gasteiger partial charge in [-0.05, 0) is 29.5 Å². The molecule has 0 amide bonds. The van der Waals surface area contributed by atoms with Gasteiger partial charge in [-0.25, -0.2) is 8.78 Å². The van der Waals surface area contributed by atoms with Crippen molar-refractivity contribution in [1.82, 2.24) is 0 Å². The van der Waals surface area contributed by atoms with E-state index in [1.54, 1.807) is 13.8 Å². The topological polar surface area (TPSA) is 26.3 Å². The van der Waals surface area contributed by atoms with Crippen LogP contribution in [0.15, 0.2) is 28.8 Å². The number of hydrogen-bond donors (Lipinski definition) is 0. The molecule has 0 bridgehead atoms. The predicted molar refractivity (Wildman–Crippen MR) is 76.9 cm³/mol. The Morgan fingerprint density at radius 3 is 2.48 bits per heavy atom. The van der Waals surface area contributed by atoms with E-state index in [-0.39, 0.29) is 4.49 Å². The Balaban J connectivity index is 2.20. The Morgan fingerprint density at radius 2 is 1.91 bits per heavy atom. The third-order valence-corrected chi connectivity index (χ3v) is 4.22. The predicted octanol–water partition coefficient (Wildman–Crippen LogP) is 5.15. The molecule has 2 nitrogen and oxygen atoms in total. The molecule has 0 spiro atoms. The van der Waals surface area contributed by atoms with E-state index in [0.29, 0.717) is 12.1 Å². The van der Waals surface area contributed by atoms with Gasteiger partial charge in [-0.1, -0.05) is 43.1 Å². The first-order valence-corrected chi connectivity index (χ1v) is 7.32. The van der Waals surface area contributed by atoms with Crippen LogP contribution in [0, 0.1) is 28.9 Å². The van der Waals surface area contributed by atoms with Crippen molar-refractivity contribution in [3.8, 4) is 0 Å². The van der Waals surface area contributed by atoms with E-state index in [4.69, 9.17) is 23.2 Å². The summed E-state index contributed by atoms with van der Waals surface area (Å²) in [7, 11) is 0. The van der Waals surface area contributed by atoms with Gasteiger partial charge in [0.25, 0.3) is 0 Å². The zero-order valence-electron chi connectivity index (χ0n) is 12.0. The molecule has 126 valence electrons. The van der Waals surface area contributed by atoms with Gasteiger partial charge in [-0.3, -0.25) is 4.79 Å². The van der Waals surface area contributed by atoms with Crippen LogP contribution in [0.5, 0.6) is 0 Å². The number of carbonyl (C=O) groups is 1. The lowest BCUT2D eigenvalue weighted by atomic mass is 10.1. The molecule has 0 aliphatic heterocycles. The highest BCUT2D eigenvalue weighted by Gasteiger charge is 2.63. The normalized spacial score (nSPS) is 22.4. The molecule has 2 atom stereocenters. The highest BCUT2D eigenvalue weighted by Crippen LogP contribution is 2.60. The van der Waals surface area contributed by atoms with Gasteiger partial charge in [0.05, 0.1) is 5.92 Å². The van der Waals surface area contributed by atoms with Crippen LogP contribution in [0.2, 0.25) is 0 Å². The number of ether oxygens (including phenoxy) is 1. The number of allylic oxidation sites excluding steroid dienone is 1. The fraction of sp³-hybridized carbons (Fsp3) is 0.400. The van der Waals surface area contributed by atoms with E-state index < -0.39 is 46.5 Å². The molecule has 23 heavy (non-hydrogen) atoms. The van der Waals surface area contributed by atoms with Gasteiger partial charge in [0, 0.05) is 0 Å². The average molecular weight is 371 g/mol. The molecule has 1 saturated carbocycles. The number of carbonyl (C=O) groups excluding carboxylic acids is 1. The summed E-state index contributed by atoms with van der Waals surface area (Å²) in [5, 5.41) is 0. The summed E-state index contributed by atoms with van der Waals surface area (Å²) in [6.07, 6.45) is -2.93. The third kappa shape index (κ3) is 3.48. The van der Waals surface area contributed by atoms with Crippen molar-refractivity contribution in [3.63, 3.8) is 0 Å². The Kier molecular flexibility index (Phi) is 4.70. The molecule has 8 heteroatoms. The zero-order chi connectivity index (χ0) is 17.6. The first-order valence-electron chi connectivity index (χ1n) is 6.56. The molecule has 1 aromatic carbocycles. The maximum atomic E-state index is 14.0. The van der Waals surface area contributed by atoms with Crippen molar-refractivity contribution in [2.45, 2.75) is 20.0 Å². The van der Waals surface area contributed by atoms with Gasteiger partial charge < -0.3 is 4.74 Å². The van der Waals surface area contributed by atoms with Gasteiger partial charge in [-0.15, -0.1) is 0 Å². The Morgan fingerprint density at radius 1 is 1.30 bits per heavy atom. The van der Waals surface area contributed by atoms with Crippen LogP contribution >= 0.6 is 23.2 Å². The van der Waals surface area contributed by atoms with Crippen LogP contribution in [-0.2, 0) is 15.6 Å². The second-order valence-electron chi connectivity index (χ2n) is 5.82. The van der Waals surface area contributed by atoms with Crippen LogP contribution < -0.4 is 0 Å². The molecular weight excluding hydrogens is 359 g/mol. The van der Waals surface area contributed by atoms with Crippen molar-refractivity contribution in [2.24, 2.45) is 17.3 Å². The molecule has 2 rings (SSSR count). The largest absolute Gasteiger partial charge is 0.431 e. The van der Waals surface area contributed by atoms with Crippen molar-refractivity contribution in [1.29, 1.82) is 0 Å². The Hall–Kier alpha value is -1.27. The molecule has 0 radical (unpaired) electrons. The van der Waals surface area contributed by atoms with Gasteiger partial charge in [0.15, 0.2) is 11.6 Å². The van der Waals surface area contributed by atoms with Crippen molar-refractivity contribution < 1.29 is 27.1 Å². The zero-order valence-corrected chi connectivity index (χ0v) is 13.6. The molecule has 0 N–H and O–H groups in total. The summed E-state index contributed by atoms with van der Waals surface area (Å²) in [6.45, 7) is 3.30. The van der Waals surface area contributed by atoms with Crippen LogP contribution in [0.4, 0.5) is 17.6 Å². The highest BCUT2D eigenvalue weighted by molar-refractivity contribution is 6.55. The second kappa shape index (κ2) is 5.98. The molecule has 1 aliphatic carbocycles. The summed E-state index contributed by atoms with van der Waals surface area (Å²) in [5.41, 5.74) is -2.02. The number of halogens is 6. The lowest BCUT2D eigenvalue weighted by Crippen LogP contribution is -2.26. The minimum Gasteiger partial charge on any atom is -0.397 e. The maximum absolute atomic E-state index is 14.0. The van der Waals surface area contributed by atoms with Crippen molar-refractivity contribution in [3.05, 3.63) is 46.0 Å². The van der Waals surface area contributed by atoms with Crippen molar-refractivity contribution in [2.75, 3.05) is 0 Å². The van der Waals surface area contributed by atoms with Gasteiger partial charge in [0.1, 0.15) is 10.1 Å². The summed E-state index contributed by atoms with van der Waals surface area (Å²) >= 11 is 11.0. The molecule has 0 saturated heterocycles. The van der Waals surface area contributed by atoms with E-state index in [1.165, 1.54) is 6.08 Å². The molecule has 1 aromatic rings. The Labute approximate surface area is 140 Å². The highest BCUT2D eigenvalue weighted by atomic mass is 35.5. The minimum atomic E-state index is -4.29. The third-order valence-electron chi connectivity index (χ3n) is 3.96. The fourth-order valence-corrected chi connectivity index (χ4v) is 2.82. The summed E-state index contributed by atoms with van der Waals surface area (Å²) in [6, 6.07) is 2.23. The Bertz CT molecular complexity index is 669.